The maximum Gasteiger partial charge on any atom is 0.338 e. The summed E-state index contributed by atoms with van der Waals surface area (Å²) >= 11 is 6.60. The van der Waals surface area contributed by atoms with Gasteiger partial charge in [0.1, 0.15) is 0 Å². The van der Waals surface area contributed by atoms with Crippen molar-refractivity contribution in [2.24, 2.45) is 0 Å². The van der Waals surface area contributed by atoms with E-state index in [1.54, 1.807) is 18.2 Å². The summed E-state index contributed by atoms with van der Waals surface area (Å²) in [4.78, 5) is 34.3. The number of ether oxygens (including phenoxy) is 1. The number of methoxy groups -OCH3 is 1. The molecule has 0 spiro atoms. The van der Waals surface area contributed by atoms with Crippen LogP contribution in [0.2, 0.25) is 0 Å². The first kappa shape index (κ1) is 18.1. The minimum absolute atomic E-state index is 0.0283. The molecule has 0 aliphatic heterocycles. The number of nitro benzene ring substituents is 1. The smallest absolute Gasteiger partial charge is 0.338 e. The van der Waals surface area contributed by atoms with Crippen molar-refractivity contribution in [1.29, 1.82) is 0 Å². The van der Waals surface area contributed by atoms with Crippen molar-refractivity contribution in [3.05, 3.63) is 66.6 Å². The zero-order chi connectivity index (χ0) is 17.9. The maximum absolute atomic E-state index is 12.4. The van der Waals surface area contributed by atoms with Gasteiger partial charge in [-0.25, -0.2) is 4.79 Å². The molecule has 0 fully saturated rings. The molecular formula is C15H10Br2N2O5. The van der Waals surface area contributed by atoms with Gasteiger partial charge >= 0.3 is 5.97 Å². The third kappa shape index (κ3) is 4.18. The standard InChI is InChI=1S/C15H10Br2N2O5/c1-24-15(21)9-4-8(5-11(6-9)19(22)23)14(20)18-13-3-2-10(16)7-12(13)17/h2-7H,1H3,(H,18,20). The lowest BCUT2D eigenvalue weighted by atomic mass is 10.1. The lowest BCUT2D eigenvalue weighted by Gasteiger charge is -2.09. The average molecular weight is 458 g/mol. The zero-order valence-electron chi connectivity index (χ0n) is 12.2. The van der Waals surface area contributed by atoms with E-state index in [9.17, 15) is 19.7 Å². The predicted molar refractivity (Wildman–Crippen MR) is 94.2 cm³/mol. The van der Waals surface area contributed by atoms with Crippen LogP contribution in [0.15, 0.2) is 45.3 Å². The predicted octanol–water partition coefficient (Wildman–Crippen LogP) is 4.16. The van der Waals surface area contributed by atoms with Gasteiger partial charge in [0, 0.05) is 26.6 Å². The largest absolute Gasteiger partial charge is 0.465 e. The molecule has 9 heteroatoms. The first-order valence-electron chi connectivity index (χ1n) is 6.46. The van der Waals surface area contributed by atoms with E-state index in [0.717, 1.165) is 23.7 Å². The van der Waals surface area contributed by atoms with Crippen molar-refractivity contribution in [3.8, 4) is 0 Å². The first-order valence-corrected chi connectivity index (χ1v) is 8.04. The Hall–Kier alpha value is -2.26. The summed E-state index contributed by atoms with van der Waals surface area (Å²) in [5, 5.41) is 13.6. The average Bonchev–Trinajstić information content (AvgIpc) is 2.56. The Morgan fingerprint density at radius 1 is 1.12 bits per heavy atom. The van der Waals surface area contributed by atoms with Crippen LogP contribution in [0.5, 0.6) is 0 Å². The monoisotopic (exact) mass is 456 g/mol. The first-order chi connectivity index (χ1) is 11.3. The second-order valence-corrected chi connectivity index (χ2v) is 6.37. The van der Waals surface area contributed by atoms with Gasteiger partial charge in [-0.1, -0.05) is 15.9 Å². The molecule has 124 valence electrons. The summed E-state index contributed by atoms with van der Waals surface area (Å²) in [6.45, 7) is 0. The van der Waals surface area contributed by atoms with Crippen LogP contribution in [0.3, 0.4) is 0 Å². The number of nitrogens with one attached hydrogen (secondary N) is 1. The third-order valence-electron chi connectivity index (χ3n) is 2.99. The topological polar surface area (TPSA) is 98.5 Å². The normalized spacial score (nSPS) is 10.1. The molecule has 0 saturated heterocycles. The minimum atomic E-state index is -0.766. The number of hydrogen-bond acceptors (Lipinski definition) is 5. The highest BCUT2D eigenvalue weighted by Crippen LogP contribution is 2.27. The van der Waals surface area contributed by atoms with E-state index < -0.39 is 16.8 Å². The number of amides is 1. The van der Waals surface area contributed by atoms with Gasteiger partial charge in [-0.2, -0.15) is 0 Å². The molecule has 2 rings (SSSR count). The van der Waals surface area contributed by atoms with Gasteiger partial charge in [-0.15, -0.1) is 0 Å². The lowest BCUT2D eigenvalue weighted by Crippen LogP contribution is -2.14. The minimum Gasteiger partial charge on any atom is -0.465 e. The summed E-state index contributed by atoms with van der Waals surface area (Å²) in [6, 6.07) is 8.51. The molecule has 1 amide bonds. The number of anilines is 1. The molecule has 0 atom stereocenters. The van der Waals surface area contributed by atoms with E-state index in [1.165, 1.54) is 6.07 Å². The van der Waals surface area contributed by atoms with Crippen LogP contribution in [0, 0.1) is 10.1 Å². The summed E-state index contributed by atoms with van der Waals surface area (Å²) < 4.78 is 5.99. The van der Waals surface area contributed by atoms with Gasteiger partial charge in [0.2, 0.25) is 0 Å². The highest BCUT2D eigenvalue weighted by atomic mass is 79.9. The second kappa shape index (κ2) is 7.54. The number of non-ortho nitro benzene ring substituents is 1. The fourth-order valence-electron chi connectivity index (χ4n) is 1.87. The van der Waals surface area contributed by atoms with Crippen molar-refractivity contribution in [2.75, 3.05) is 12.4 Å². The maximum atomic E-state index is 12.4. The van der Waals surface area contributed by atoms with Crippen LogP contribution in [0.25, 0.3) is 0 Å². The Morgan fingerprint density at radius 2 is 1.79 bits per heavy atom. The number of nitrogens with zero attached hydrogens (tertiary/aromatic N) is 1. The van der Waals surface area contributed by atoms with Gasteiger partial charge in [0.05, 0.1) is 23.3 Å². The number of carbonyl (C=O) groups is 2. The molecule has 0 aliphatic rings. The molecule has 0 radical (unpaired) electrons. The number of nitro groups is 1. The number of rotatable bonds is 4. The van der Waals surface area contributed by atoms with Crippen LogP contribution < -0.4 is 5.32 Å². The Morgan fingerprint density at radius 3 is 2.38 bits per heavy atom. The molecule has 0 unspecified atom stereocenters. The molecule has 7 nitrogen and oxygen atoms in total. The summed E-state index contributed by atoms with van der Waals surface area (Å²) in [7, 11) is 1.15. The number of esters is 1. The summed E-state index contributed by atoms with van der Waals surface area (Å²) in [6.07, 6.45) is 0. The quantitative estimate of drug-likeness (QED) is 0.422. The van der Waals surface area contributed by atoms with Crippen molar-refractivity contribution >= 4 is 55.1 Å². The fraction of sp³-hybridized carbons (Fsp3) is 0.0667. The number of hydrogen-bond donors (Lipinski definition) is 1. The van der Waals surface area contributed by atoms with Gasteiger partial charge in [0.15, 0.2) is 0 Å². The van der Waals surface area contributed by atoms with Gasteiger partial charge < -0.3 is 10.1 Å². The molecule has 1 N–H and O–H groups in total. The van der Waals surface area contributed by atoms with E-state index in [-0.39, 0.29) is 16.8 Å². The highest BCUT2D eigenvalue weighted by Gasteiger charge is 2.19. The van der Waals surface area contributed by atoms with Gasteiger partial charge in [0.25, 0.3) is 11.6 Å². The Balaban J connectivity index is 2.39. The van der Waals surface area contributed by atoms with Gasteiger partial charge in [-0.05, 0) is 40.2 Å². The number of benzene rings is 2. The number of halogens is 2. The Labute approximate surface area is 153 Å². The van der Waals surface area contributed by atoms with Crippen LogP contribution in [-0.2, 0) is 4.74 Å². The molecule has 0 bridgehead atoms. The van der Waals surface area contributed by atoms with Crippen LogP contribution in [0.4, 0.5) is 11.4 Å². The zero-order valence-corrected chi connectivity index (χ0v) is 15.4. The molecule has 2 aromatic rings. The van der Waals surface area contributed by atoms with E-state index in [4.69, 9.17) is 0 Å². The highest BCUT2D eigenvalue weighted by molar-refractivity contribution is 9.11. The molecule has 0 aromatic heterocycles. The van der Waals surface area contributed by atoms with Crippen LogP contribution >= 0.6 is 31.9 Å². The molecule has 0 heterocycles. The SMILES string of the molecule is COC(=O)c1cc(C(=O)Nc2ccc(Br)cc2Br)cc([N+](=O)[O-])c1. The van der Waals surface area contributed by atoms with Crippen molar-refractivity contribution in [3.63, 3.8) is 0 Å². The van der Waals surface area contributed by atoms with Crippen molar-refractivity contribution < 1.29 is 19.2 Å². The van der Waals surface area contributed by atoms with E-state index in [1.807, 2.05) is 0 Å². The van der Waals surface area contributed by atoms with E-state index >= 15 is 0 Å². The van der Waals surface area contributed by atoms with Crippen molar-refractivity contribution in [1.82, 2.24) is 0 Å². The number of carbonyl (C=O) groups excluding carboxylic acids is 2. The fourth-order valence-corrected chi connectivity index (χ4v) is 3.01. The van der Waals surface area contributed by atoms with Crippen LogP contribution in [0.1, 0.15) is 20.7 Å². The van der Waals surface area contributed by atoms with Crippen molar-refractivity contribution in [2.45, 2.75) is 0 Å². The molecule has 0 saturated carbocycles. The van der Waals surface area contributed by atoms with E-state index in [0.29, 0.717) is 10.2 Å². The summed E-state index contributed by atoms with van der Waals surface area (Å²) in [5.41, 5.74) is -0.00149. The Kier molecular flexibility index (Phi) is 5.68. The second-order valence-electron chi connectivity index (χ2n) is 4.60. The molecular weight excluding hydrogens is 448 g/mol. The lowest BCUT2D eigenvalue weighted by molar-refractivity contribution is -0.384. The molecule has 24 heavy (non-hydrogen) atoms. The molecule has 0 aliphatic carbocycles. The summed E-state index contributed by atoms with van der Waals surface area (Å²) in [5.74, 6) is -1.36. The van der Waals surface area contributed by atoms with E-state index in [2.05, 4.69) is 41.9 Å². The van der Waals surface area contributed by atoms with Gasteiger partial charge in [-0.3, -0.25) is 14.9 Å². The molecule has 2 aromatic carbocycles. The Bertz CT molecular complexity index is 839. The van der Waals surface area contributed by atoms with Crippen LogP contribution in [-0.4, -0.2) is 23.9 Å². The third-order valence-corrected chi connectivity index (χ3v) is 4.14.